The van der Waals surface area contributed by atoms with Crippen LogP contribution in [0.15, 0.2) is 29.2 Å². The normalized spacial score (nSPS) is 21.2. The van der Waals surface area contributed by atoms with Crippen molar-refractivity contribution in [3.05, 3.63) is 29.8 Å². The first-order chi connectivity index (χ1) is 8.93. The number of nitrogens with two attached hydrogens (primary N) is 1. The lowest BCUT2D eigenvalue weighted by molar-refractivity contribution is -0.122. The first-order valence-corrected chi connectivity index (χ1v) is 7.72. The molecular formula is C13H18N2O3S. The Hall–Kier alpha value is -1.40. The first kappa shape index (κ1) is 14.0. The van der Waals surface area contributed by atoms with Crippen LogP contribution in [0.4, 0.5) is 0 Å². The van der Waals surface area contributed by atoms with Crippen molar-refractivity contribution in [1.29, 1.82) is 0 Å². The van der Waals surface area contributed by atoms with Crippen LogP contribution in [-0.2, 0) is 14.8 Å². The molecule has 1 saturated heterocycles. The van der Waals surface area contributed by atoms with Crippen molar-refractivity contribution >= 4 is 15.9 Å². The molecule has 2 N–H and O–H groups in total. The molecule has 1 aromatic rings. The summed E-state index contributed by atoms with van der Waals surface area (Å²) in [6.07, 6.45) is 1.33. The van der Waals surface area contributed by atoms with Crippen molar-refractivity contribution in [2.45, 2.75) is 24.7 Å². The van der Waals surface area contributed by atoms with Crippen molar-refractivity contribution < 1.29 is 13.2 Å². The Morgan fingerprint density at radius 2 is 2.05 bits per heavy atom. The third kappa shape index (κ3) is 2.79. The smallest absolute Gasteiger partial charge is 0.243 e. The third-order valence-electron chi connectivity index (χ3n) is 3.50. The maximum absolute atomic E-state index is 12.6. The molecule has 0 aliphatic carbocycles. The van der Waals surface area contributed by atoms with E-state index in [-0.39, 0.29) is 12.5 Å². The zero-order chi connectivity index (χ0) is 14.0. The Kier molecular flexibility index (Phi) is 3.91. The van der Waals surface area contributed by atoms with Crippen molar-refractivity contribution in [3.63, 3.8) is 0 Å². The number of carbonyl (C=O) groups is 1. The number of hydrogen-bond donors (Lipinski definition) is 1. The number of hydrogen-bond acceptors (Lipinski definition) is 3. The highest BCUT2D eigenvalue weighted by molar-refractivity contribution is 7.89. The molecular weight excluding hydrogens is 264 g/mol. The van der Waals surface area contributed by atoms with Crippen molar-refractivity contribution in [2.24, 2.45) is 11.7 Å². The summed E-state index contributed by atoms with van der Waals surface area (Å²) in [5.41, 5.74) is 5.99. The summed E-state index contributed by atoms with van der Waals surface area (Å²) in [5.74, 6) is -0.808. The zero-order valence-electron chi connectivity index (χ0n) is 10.9. The van der Waals surface area contributed by atoms with Gasteiger partial charge in [0.2, 0.25) is 15.9 Å². The van der Waals surface area contributed by atoms with Gasteiger partial charge in [-0.15, -0.1) is 0 Å². The lowest BCUT2D eigenvalue weighted by Crippen LogP contribution is -2.44. The Balaban J connectivity index is 2.30. The monoisotopic (exact) mass is 282 g/mol. The summed E-state index contributed by atoms with van der Waals surface area (Å²) < 4.78 is 26.5. The van der Waals surface area contributed by atoms with Gasteiger partial charge in [-0.2, -0.15) is 4.31 Å². The zero-order valence-corrected chi connectivity index (χ0v) is 11.7. The molecule has 0 radical (unpaired) electrons. The molecule has 1 atom stereocenters. The highest BCUT2D eigenvalue weighted by Gasteiger charge is 2.32. The van der Waals surface area contributed by atoms with Crippen LogP contribution < -0.4 is 5.73 Å². The van der Waals surface area contributed by atoms with E-state index in [1.807, 2.05) is 0 Å². The SMILES string of the molecule is Cc1ccccc1S(=O)(=O)N1CCCC(C(N)=O)C1. The lowest BCUT2D eigenvalue weighted by atomic mass is 9.99. The van der Waals surface area contributed by atoms with Gasteiger partial charge in [0.25, 0.3) is 0 Å². The third-order valence-corrected chi connectivity index (χ3v) is 5.52. The standard InChI is InChI=1S/C13H18N2O3S/c1-10-5-2-3-7-12(10)19(17,18)15-8-4-6-11(9-15)13(14)16/h2-3,5,7,11H,4,6,8-9H2,1H3,(H2,14,16). The molecule has 1 amide bonds. The second-order valence-corrected chi connectivity index (χ2v) is 6.78. The van der Waals surface area contributed by atoms with Gasteiger partial charge in [-0.1, -0.05) is 18.2 Å². The molecule has 5 nitrogen and oxygen atoms in total. The number of aryl methyl sites for hydroxylation is 1. The molecule has 19 heavy (non-hydrogen) atoms. The van der Waals surface area contributed by atoms with Crippen LogP contribution >= 0.6 is 0 Å². The minimum absolute atomic E-state index is 0.187. The largest absolute Gasteiger partial charge is 0.369 e. The minimum Gasteiger partial charge on any atom is -0.369 e. The Morgan fingerprint density at radius 1 is 1.37 bits per heavy atom. The van der Waals surface area contributed by atoms with E-state index in [1.54, 1.807) is 31.2 Å². The van der Waals surface area contributed by atoms with E-state index < -0.39 is 15.9 Å². The summed E-state index contributed by atoms with van der Waals surface area (Å²) in [5, 5.41) is 0. The minimum atomic E-state index is -3.53. The number of sulfonamides is 1. The predicted molar refractivity (Wildman–Crippen MR) is 71.9 cm³/mol. The van der Waals surface area contributed by atoms with E-state index in [4.69, 9.17) is 5.73 Å². The van der Waals surface area contributed by atoms with E-state index >= 15 is 0 Å². The molecule has 104 valence electrons. The number of carbonyl (C=O) groups excluding carboxylic acids is 1. The fourth-order valence-corrected chi connectivity index (χ4v) is 4.13. The number of benzene rings is 1. The molecule has 1 heterocycles. The van der Waals surface area contributed by atoms with Crippen LogP contribution in [0, 0.1) is 12.8 Å². The average molecular weight is 282 g/mol. The Morgan fingerprint density at radius 3 is 2.68 bits per heavy atom. The average Bonchev–Trinajstić information content (AvgIpc) is 2.39. The Labute approximate surface area is 113 Å². The van der Waals surface area contributed by atoms with Gasteiger partial charge in [0, 0.05) is 13.1 Å². The van der Waals surface area contributed by atoms with E-state index in [2.05, 4.69) is 0 Å². The number of piperidine rings is 1. The second kappa shape index (κ2) is 5.30. The molecule has 0 saturated carbocycles. The van der Waals surface area contributed by atoms with Crippen LogP contribution in [0.5, 0.6) is 0 Å². The lowest BCUT2D eigenvalue weighted by Gasteiger charge is -2.30. The molecule has 1 aromatic carbocycles. The van der Waals surface area contributed by atoms with Gasteiger partial charge in [0.05, 0.1) is 10.8 Å². The maximum Gasteiger partial charge on any atom is 0.243 e. The van der Waals surface area contributed by atoms with Gasteiger partial charge >= 0.3 is 0 Å². The highest BCUT2D eigenvalue weighted by Crippen LogP contribution is 2.25. The van der Waals surface area contributed by atoms with Gasteiger partial charge in [-0.25, -0.2) is 8.42 Å². The number of primary amides is 1. The maximum atomic E-state index is 12.6. The van der Waals surface area contributed by atoms with Gasteiger partial charge in [0.1, 0.15) is 0 Å². The topological polar surface area (TPSA) is 80.5 Å². The van der Waals surface area contributed by atoms with Crippen molar-refractivity contribution in [1.82, 2.24) is 4.31 Å². The molecule has 1 fully saturated rings. The number of nitrogens with zero attached hydrogens (tertiary/aromatic N) is 1. The number of amides is 1. The fraction of sp³-hybridized carbons (Fsp3) is 0.462. The first-order valence-electron chi connectivity index (χ1n) is 6.28. The van der Waals surface area contributed by atoms with Gasteiger partial charge in [-0.05, 0) is 31.4 Å². The van der Waals surface area contributed by atoms with E-state index in [0.717, 1.165) is 0 Å². The number of rotatable bonds is 3. The van der Waals surface area contributed by atoms with Crippen LogP contribution in [0.3, 0.4) is 0 Å². The van der Waals surface area contributed by atoms with Crippen LogP contribution in [0.1, 0.15) is 18.4 Å². The summed E-state index contributed by atoms with van der Waals surface area (Å²) in [6, 6.07) is 6.87. The van der Waals surface area contributed by atoms with Crippen molar-refractivity contribution in [2.75, 3.05) is 13.1 Å². The van der Waals surface area contributed by atoms with Crippen LogP contribution in [0.2, 0.25) is 0 Å². The summed E-state index contributed by atoms with van der Waals surface area (Å²) in [4.78, 5) is 11.5. The van der Waals surface area contributed by atoms with E-state index in [1.165, 1.54) is 4.31 Å². The van der Waals surface area contributed by atoms with Crippen LogP contribution in [-0.4, -0.2) is 31.7 Å². The van der Waals surface area contributed by atoms with Crippen molar-refractivity contribution in [3.8, 4) is 0 Å². The van der Waals surface area contributed by atoms with E-state index in [0.29, 0.717) is 29.8 Å². The molecule has 0 aromatic heterocycles. The quantitative estimate of drug-likeness (QED) is 0.893. The van der Waals surface area contributed by atoms with Gasteiger partial charge in [0.15, 0.2) is 0 Å². The molecule has 6 heteroatoms. The summed E-state index contributed by atoms with van der Waals surface area (Å²) in [7, 11) is -3.53. The molecule has 1 aliphatic rings. The Bertz CT molecular complexity index is 583. The summed E-state index contributed by atoms with van der Waals surface area (Å²) >= 11 is 0. The van der Waals surface area contributed by atoms with Crippen LogP contribution in [0.25, 0.3) is 0 Å². The summed E-state index contributed by atoms with van der Waals surface area (Å²) in [6.45, 7) is 2.40. The second-order valence-electron chi connectivity index (χ2n) is 4.87. The molecule has 1 aliphatic heterocycles. The molecule has 1 unspecified atom stereocenters. The van der Waals surface area contributed by atoms with E-state index in [9.17, 15) is 13.2 Å². The molecule has 0 spiro atoms. The fourth-order valence-electron chi connectivity index (χ4n) is 2.38. The highest BCUT2D eigenvalue weighted by atomic mass is 32.2. The molecule has 0 bridgehead atoms. The van der Waals surface area contributed by atoms with Gasteiger partial charge in [-0.3, -0.25) is 4.79 Å². The molecule has 2 rings (SSSR count). The predicted octanol–water partition coefficient (Wildman–Crippen LogP) is 0.881. The van der Waals surface area contributed by atoms with Gasteiger partial charge < -0.3 is 5.73 Å².